The van der Waals surface area contributed by atoms with Crippen LogP contribution in [0.3, 0.4) is 0 Å². The van der Waals surface area contributed by atoms with Gasteiger partial charge in [-0.1, -0.05) is 13.3 Å². The van der Waals surface area contributed by atoms with Crippen molar-refractivity contribution in [3.05, 3.63) is 29.8 Å². The minimum Gasteiger partial charge on any atom is -0.378 e. The standard InChI is InChI=1S/C19H25N3O2/c1-3-4-5-19(23)20-15-6-7-17-16(13-15)14(2)12-18(21-17)22-8-10-24-11-9-22/h6-7,12-13H,3-5,8-11H2,1-2H3,(H,20,23). The quantitative estimate of drug-likeness (QED) is 0.913. The molecule has 0 radical (unpaired) electrons. The van der Waals surface area contributed by atoms with E-state index in [1.165, 1.54) is 5.56 Å². The molecule has 1 aromatic heterocycles. The van der Waals surface area contributed by atoms with E-state index in [9.17, 15) is 4.79 Å². The second-order valence-corrected chi connectivity index (χ2v) is 6.28. The van der Waals surface area contributed by atoms with E-state index in [1.807, 2.05) is 18.2 Å². The van der Waals surface area contributed by atoms with Crippen LogP contribution in [0.5, 0.6) is 0 Å². The lowest BCUT2D eigenvalue weighted by molar-refractivity contribution is -0.116. The molecule has 0 aliphatic carbocycles. The molecule has 0 saturated carbocycles. The van der Waals surface area contributed by atoms with Crippen LogP contribution < -0.4 is 10.2 Å². The molecule has 1 aliphatic heterocycles. The van der Waals surface area contributed by atoms with Crippen molar-refractivity contribution in [2.24, 2.45) is 0 Å². The van der Waals surface area contributed by atoms with Crippen molar-refractivity contribution in [2.75, 3.05) is 36.5 Å². The van der Waals surface area contributed by atoms with E-state index in [-0.39, 0.29) is 5.91 Å². The summed E-state index contributed by atoms with van der Waals surface area (Å²) in [7, 11) is 0. The van der Waals surface area contributed by atoms with Gasteiger partial charge in [0, 0.05) is 30.6 Å². The van der Waals surface area contributed by atoms with Crippen molar-refractivity contribution in [1.29, 1.82) is 0 Å². The summed E-state index contributed by atoms with van der Waals surface area (Å²) in [6, 6.07) is 8.06. The van der Waals surface area contributed by atoms with Gasteiger partial charge < -0.3 is 15.0 Å². The van der Waals surface area contributed by atoms with Gasteiger partial charge in [0.15, 0.2) is 0 Å². The normalized spacial score (nSPS) is 14.8. The number of hydrogen-bond acceptors (Lipinski definition) is 4. The highest BCUT2D eigenvalue weighted by atomic mass is 16.5. The largest absolute Gasteiger partial charge is 0.378 e. The van der Waals surface area contributed by atoms with E-state index in [1.54, 1.807) is 0 Å². The number of fused-ring (bicyclic) bond motifs is 1. The number of aryl methyl sites for hydroxylation is 1. The highest BCUT2D eigenvalue weighted by Gasteiger charge is 2.14. The Morgan fingerprint density at radius 1 is 1.29 bits per heavy atom. The topological polar surface area (TPSA) is 54.5 Å². The fourth-order valence-electron chi connectivity index (χ4n) is 2.97. The monoisotopic (exact) mass is 327 g/mol. The van der Waals surface area contributed by atoms with Crippen molar-refractivity contribution in [3.63, 3.8) is 0 Å². The van der Waals surface area contributed by atoms with E-state index in [2.05, 4.69) is 30.1 Å². The van der Waals surface area contributed by atoms with E-state index in [4.69, 9.17) is 9.72 Å². The van der Waals surface area contributed by atoms with Gasteiger partial charge >= 0.3 is 0 Å². The first-order valence-corrected chi connectivity index (χ1v) is 8.71. The number of amides is 1. The number of unbranched alkanes of at least 4 members (excludes halogenated alkanes) is 1. The van der Waals surface area contributed by atoms with Crippen LogP contribution in [0.25, 0.3) is 10.9 Å². The second-order valence-electron chi connectivity index (χ2n) is 6.28. The maximum atomic E-state index is 11.9. The Hall–Kier alpha value is -2.14. The fourth-order valence-corrected chi connectivity index (χ4v) is 2.97. The number of carbonyl (C=O) groups excluding carboxylic acids is 1. The Labute approximate surface area is 143 Å². The van der Waals surface area contributed by atoms with Crippen LogP contribution in [0.2, 0.25) is 0 Å². The highest BCUT2D eigenvalue weighted by molar-refractivity contribution is 5.94. The Bertz CT molecular complexity index is 724. The number of pyridine rings is 1. The maximum absolute atomic E-state index is 11.9. The number of rotatable bonds is 5. The molecule has 0 spiro atoms. The number of anilines is 2. The van der Waals surface area contributed by atoms with Crippen LogP contribution in [0.15, 0.2) is 24.3 Å². The molecule has 3 rings (SSSR count). The summed E-state index contributed by atoms with van der Waals surface area (Å²) in [4.78, 5) is 19.0. The minimum atomic E-state index is 0.0757. The molecule has 1 N–H and O–H groups in total. The summed E-state index contributed by atoms with van der Waals surface area (Å²) < 4.78 is 5.41. The Morgan fingerprint density at radius 3 is 2.83 bits per heavy atom. The predicted molar refractivity (Wildman–Crippen MR) is 97.7 cm³/mol. The minimum absolute atomic E-state index is 0.0757. The summed E-state index contributed by atoms with van der Waals surface area (Å²) in [6.45, 7) is 7.44. The Morgan fingerprint density at radius 2 is 2.08 bits per heavy atom. The van der Waals surface area contributed by atoms with Crippen LogP contribution in [0, 0.1) is 6.92 Å². The number of morpholine rings is 1. The van der Waals surface area contributed by atoms with Gasteiger partial charge in [-0.25, -0.2) is 4.98 Å². The summed E-state index contributed by atoms with van der Waals surface area (Å²) in [5, 5.41) is 4.06. The van der Waals surface area contributed by atoms with Crippen molar-refractivity contribution in [3.8, 4) is 0 Å². The van der Waals surface area contributed by atoms with Crippen LogP contribution in [0.1, 0.15) is 31.7 Å². The third-order valence-electron chi connectivity index (χ3n) is 4.38. The lowest BCUT2D eigenvalue weighted by Gasteiger charge is -2.28. The SMILES string of the molecule is CCCCC(=O)Nc1ccc2nc(N3CCOCC3)cc(C)c2c1. The number of nitrogens with one attached hydrogen (secondary N) is 1. The third-order valence-corrected chi connectivity index (χ3v) is 4.38. The van der Waals surface area contributed by atoms with Gasteiger partial charge in [-0.15, -0.1) is 0 Å². The third kappa shape index (κ3) is 3.85. The fraction of sp³-hybridized carbons (Fsp3) is 0.474. The van der Waals surface area contributed by atoms with Gasteiger partial charge in [-0.05, 0) is 43.2 Å². The zero-order valence-electron chi connectivity index (χ0n) is 14.5. The van der Waals surface area contributed by atoms with E-state index >= 15 is 0 Å². The van der Waals surface area contributed by atoms with Gasteiger partial charge in [-0.3, -0.25) is 4.79 Å². The van der Waals surface area contributed by atoms with Crippen LogP contribution in [-0.2, 0) is 9.53 Å². The zero-order valence-corrected chi connectivity index (χ0v) is 14.5. The van der Waals surface area contributed by atoms with E-state index in [0.717, 1.165) is 61.6 Å². The van der Waals surface area contributed by atoms with E-state index in [0.29, 0.717) is 6.42 Å². The van der Waals surface area contributed by atoms with Crippen molar-refractivity contribution < 1.29 is 9.53 Å². The average molecular weight is 327 g/mol. The maximum Gasteiger partial charge on any atom is 0.224 e. The number of benzene rings is 1. The predicted octanol–water partition coefficient (Wildman–Crippen LogP) is 3.51. The molecule has 5 nitrogen and oxygen atoms in total. The molecular formula is C19H25N3O2. The molecular weight excluding hydrogens is 302 g/mol. The molecule has 0 unspecified atom stereocenters. The first kappa shape index (κ1) is 16.7. The summed E-state index contributed by atoms with van der Waals surface area (Å²) in [5.74, 6) is 1.08. The summed E-state index contributed by atoms with van der Waals surface area (Å²) >= 11 is 0. The average Bonchev–Trinajstić information content (AvgIpc) is 2.61. The molecule has 1 saturated heterocycles. The summed E-state index contributed by atoms with van der Waals surface area (Å²) in [5.41, 5.74) is 2.97. The number of aromatic nitrogens is 1. The van der Waals surface area contributed by atoms with Gasteiger partial charge in [0.1, 0.15) is 5.82 Å². The molecule has 1 amide bonds. The van der Waals surface area contributed by atoms with Gasteiger partial charge in [-0.2, -0.15) is 0 Å². The van der Waals surface area contributed by atoms with Gasteiger partial charge in [0.05, 0.1) is 18.7 Å². The first-order chi connectivity index (χ1) is 11.7. The molecule has 2 heterocycles. The number of carbonyl (C=O) groups is 1. The smallest absolute Gasteiger partial charge is 0.224 e. The molecule has 2 aromatic rings. The van der Waals surface area contributed by atoms with Crippen molar-refractivity contribution >= 4 is 28.3 Å². The molecule has 128 valence electrons. The molecule has 1 aromatic carbocycles. The van der Waals surface area contributed by atoms with Gasteiger partial charge in [0.2, 0.25) is 5.91 Å². The van der Waals surface area contributed by atoms with Crippen molar-refractivity contribution in [2.45, 2.75) is 33.1 Å². The highest BCUT2D eigenvalue weighted by Crippen LogP contribution is 2.26. The van der Waals surface area contributed by atoms with E-state index < -0.39 is 0 Å². The molecule has 0 bridgehead atoms. The molecule has 1 aliphatic rings. The Kier molecular flexibility index (Phi) is 5.30. The molecule has 5 heteroatoms. The zero-order chi connectivity index (χ0) is 16.9. The van der Waals surface area contributed by atoms with Crippen LogP contribution in [0.4, 0.5) is 11.5 Å². The lowest BCUT2D eigenvalue weighted by Crippen LogP contribution is -2.36. The number of hydrogen-bond donors (Lipinski definition) is 1. The van der Waals surface area contributed by atoms with Gasteiger partial charge in [0.25, 0.3) is 0 Å². The molecule has 24 heavy (non-hydrogen) atoms. The van der Waals surface area contributed by atoms with Crippen molar-refractivity contribution in [1.82, 2.24) is 4.98 Å². The first-order valence-electron chi connectivity index (χ1n) is 8.71. The lowest BCUT2D eigenvalue weighted by atomic mass is 10.1. The van der Waals surface area contributed by atoms with Crippen LogP contribution >= 0.6 is 0 Å². The summed E-state index contributed by atoms with van der Waals surface area (Å²) in [6.07, 6.45) is 2.52. The van der Waals surface area contributed by atoms with Crippen LogP contribution in [-0.4, -0.2) is 37.2 Å². The molecule has 0 atom stereocenters. The number of nitrogens with zero attached hydrogens (tertiary/aromatic N) is 2. The number of ether oxygens (including phenoxy) is 1. The molecule has 1 fully saturated rings. The second kappa shape index (κ2) is 7.62. The Balaban J connectivity index is 1.82.